The first-order valence-corrected chi connectivity index (χ1v) is 14.6. The van der Waals surface area contributed by atoms with Gasteiger partial charge in [0, 0.05) is 41.2 Å². The van der Waals surface area contributed by atoms with Crippen molar-refractivity contribution in [1.82, 2.24) is 0 Å². The Morgan fingerprint density at radius 3 is 2.68 bits per heavy atom. The first-order chi connectivity index (χ1) is 17.8. The smallest absolute Gasteiger partial charge is 0.314 e. The Kier molecular flexibility index (Phi) is 7.11. The molecule has 0 radical (unpaired) electrons. The van der Waals surface area contributed by atoms with Crippen LogP contribution in [-0.2, 0) is 27.8 Å². The molecular formula is C29H31NO6S. The van der Waals surface area contributed by atoms with E-state index in [-0.39, 0.29) is 17.6 Å². The summed E-state index contributed by atoms with van der Waals surface area (Å²) in [7, 11) is -2.99. The minimum Gasteiger partial charge on any atom is -0.494 e. The van der Waals surface area contributed by atoms with E-state index in [1.807, 2.05) is 42.5 Å². The summed E-state index contributed by atoms with van der Waals surface area (Å²) in [5, 5.41) is 3.42. The van der Waals surface area contributed by atoms with Crippen molar-refractivity contribution >= 4 is 21.5 Å². The lowest BCUT2D eigenvalue weighted by molar-refractivity contribution is -0.135. The van der Waals surface area contributed by atoms with E-state index in [4.69, 9.17) is 14.2 Å². The summed E-state index contributed by atoms with van der Waals surface area (Å²) in [6.07, 6.45) is 3.52. The zero-order chi connectivity index (χ0) is 26.0. The van der Waals surface area contributed by atoms with Crippen molar-refractivity contribution in [3.8, 4) is 28.4 Å². The molecule has 8 heteroatoms. The van der Waals surface area contributed by atoms with Crippen LogP contribution in [0.1, 0.15) is 36.0 Å². The number of sulfone groups is 1. The largest absolute Gasteiger partial charge is 0.494 e. The molecule has 1 N–H and O–H groups in total. The lowest BCUT2D eigenvalue weighted by Crippen LogP contribution is -2.12. The Balaban J connectivity index is 1.28. The fourth-order valence-corrected chi connectivity index (χ4v) is 5.19. The number of rotatable bonds is 10. The monoisotopic (exact) mass is 521 g/mol. The maximum atomic E-state index is 12.0. The number of benzene rings is 3. The van der Waals surface area contributed by atoms with E-state index in [2.05, 4.69) is 18.3 Å². The average Bonchev–Trinajstić information content (AvgIpc) is 3.70. The lowest BCUT2D eigenvalue weighted by Gasteiger charge is -2.25. The van der Waals surface area contributed by atoms with Crippen LogP contribution < -0.4 is 19.5 Å². The molecule has 194 valence electrons. The highest BCUT2D eigenvalue weighted by atomic mass is 32.2. The van der Waals surface area contributed by atoms with Gasteiger partial charge in [-0.05, 0) is 61.6 Å². The zero-order valence-corrected chi connectivity index (χ0v) is 21.9. The van der Waals surface area contributed by atoms with E-state index < -0.39 is 9.84 Å². The van der Waals surface area contributed by atoms with Gasteiger partial charge in [0.25, 0.3) is 0 Å². The average molecular weight is 522 g/mol. The maximum Gasteiger partial charge on any atom is 0.314 e. The second-order valence-electron chi connectivity index (χ2n) is 9.77. The third-order valence-electron chi connectivity index (χ3n) is 6.50. The third-order valence-corrected chi connectivity index (χ3v) is 7.53. The van der Waals surface area contributed by atoms with Gasteiger partial charge in [-0.2, -0.15) is 0 Å². The number of hydrogen-bond acceptors (Lipinski definition) is 7. The van der Waals surface area contributed by atoms with E-state index in [0.29, 0.717) is 31.9 Å². The predicted octanol–water partition coefficient (Wildman–Crippen LogP) is 5.30. The van der Waals surface area contributed by atoms with Gasteiger partial charge in [-0.1, -0.05) is 24.3 Å². The summed E-state index contributed by atoms with van der Waals surface area (Å²) in [6, 6.07) is 17.6. The third kappa shape index (κ3) is 6.25. The van der Waals surface area contributed by atoms with Crippen LogP contribution in [-0.4, -0.2) is 33.0 Å². The Labute approximate surface area is 217 Å². The second kappa shape index (κ2) is 10.5. The zero-order valence-electron chi connectivity index (χ0n) is 21.1. The van der Waals surface area contributed by atoms with Crippen LogP contribution in [0.2, 0.25) is 0 Å². The van der Waals surface area contributed by atoms with Gasteiger partial charge in [0.1, 0.15) is 33.7 Å². The van der Waals surface area contributed by atoms with Gasteiger partial charge in [0.2, 0.25) is 0 Å². The molecule has 2 aliphatic rings. The normalized spacial score (nSPS) is 14.2. The lowest BCUT2D eigenvalue weighted by atomic mass is 9.91. The number of ether oxygens (including phenoxy) is 3. The highest BCUT2D eigenvalue weighted by Gasteiger charge is 2.31. The molecule has 0 bridgehead atoms. The molecule has 0 amide bonds. The summed E-state index contributed by atoms with van der Waals surface area (Å²) in [6.45, 7) is 3.38. The number of anilines is 1. The molecule has 3 aromatic rings. The topological polar surface area (TPSA) is 90.9 Å². The van der Waals surface area contributed by atoms with Crippen LogP contribution in [0.25, 0.3) is 11.1 Å². The molecule has 0 atom stereocenters. The SMILES string of the molecule is Cc1cc(OCCCS(C)(=O)=O)cc2c1-c1cccc(CNc3cccc(OC(=O)C4CC4)c3)c1OC2. The van der Waals surface area contributed by atoms with Crippen LogP contribution >= 0.6 is 0 Å². The number of carbonyl (C=O) groups excluding carboxylic acids is 1. The van der Waals surface area contributed by atoms with Crippen molar-refractivity contribution < 1.29 is 27.4 Å². The van der Waals surface area contributed by atoms with Crippen molar-refractivity contribution in [2.24, 2.45) is 5.92 Å². The Morgan fingerprint density at radius 1 is 1.08 bits per heavy atom. The molecule has 1 aliphatic heterocycles. The summed E-state index contributed by atoms with van der Waals surface area (Å²) < 4.78 is 40.2. The van der Waals surface area contributed by atoms with Gasteiger partial charge < -0.3 is 19.5 Å². The second-order valence-corrected chi connectivity index (χ2v) is 12.0. The Hall–Kier alpha value is -3.52. The predicted molar refractivity (Wildman–Crippen MR) is 143 cm³/mol. The number of hydrogen-bond donors (Lipinski definition) is 1. The Bertz CT molecular complexity index is 1430. The molecule has 1 fully saturated rings. The summed E-state index contributed by atoms with van der Waals surface area (Å²) in [4.78, 5) is 12.0. The van der Waals surface area contributed by atoms with Gasteiger partial charge in [-0.15, -0.1) is 0 Å². The molecule has 7 nitrogen and oxygen atoms in total. The van der Waals surface area contributed by atoms with E-state index in [9.17, 15) is 13.2 Å². The number of esters is 1. The summed E-state index contributed by atoms with van der Waals surface area (Å²) in [5.74, 6) is 2.13. The van der Waals surface area contributed by atoms with Gasteiger partial charge in [0.05, 0.1) is 18.3 Å². The van der Waals surface area contributed by atoms with Crippen LogP contribution in [0, 0.1) is 12.8 Å². The van der Waals surface area contributed by atoms with Gasteiger partial charge in [-0.3, -0.25) is 4.79 Å². The molecular weight excluding hydrogens is 490 g/mol. The number of fused-ring (bicyclic) bond motifs is 3. The summed E-state index contributed by atoms with van der Waals surface area (Å²) in [5.41, 5.74) is 6.19. The van der Waals surface area contributed by atoms with Crippen LogP contribution in [0.5, 0.6) is 17.2 Å². The van der Waals surface area contributed by atoms with E-state index in [1.54, 1.807) is 6.07 Å². The number of nitrogens with one attached hydrogen (secondary N) is 1. The minimum absolute atomic E-state index is 0.0541. The number of carbonyl (C=O) groups is 1. The van der Waals surface area contributed by atoms with Crippen molar-refractivity contribution in [2.45, 2.75) is 39.3 Å². The van der Waals surface area contributed by atoms with Gasteiger partial charge in [-0.25, -0.2) is 8.42 Å². The fraction of sp³-hybridized carbons (Fsp3) is 0.345. The molecule has 3 aromatic carbocycles. The van der Waals surface area contributed by atoms with Crippen LogP contribution in [0.3, 0.4) is 0 Å². The van der Waals surface area contributed by atoms with E-state index >= 15 is 0 Å². The highest BCUT2D eigenvalue weighted by molar-refractivity contribution is 7.90. The van der Waals surface area contributed by atoms with Gasteiger partial charge >= 0.3 is 5.97 Å². The minimum atomic E-state index is -2.99. The molecule has 1 aliphatic carbocycles. The maximum absolute atomic E-state index is 12.0. The molecule has 0 aromatic heterocycles. The first-order valence-electron chi connectivity index (χ1n) is 12.5. The summed E-state index contributed by atoms with van der Waals surface area (Å²) >= 11 is 0. The number of para-hydroxylation sites is 1. The number of aryl methyl sites for hydroxylation is 1. The molecule has 0 spiro atoms. The first kappa shape index (κ1) is 25.1. The molecule has 0 saturated heterocycles. The van der Waals surface area contributed by atoms with Crippen molar-refractivity contribution in [3.63, 3.8) is 0 Å². The van der Waals surface area contributed by atoms with Gasteiger partial charge in [0.15, 0.2) is 0 Å². The van der Waals surface area contributed by atoms with Crippen molar-refractivity contribution in [2.75, 3.05) is 23.9 Å². The van der Waals surface area contributed by atoms with E-state index in [0.717, 1.165) is 57.8 Å². The molecule has 0 unspecified atom stereocenters. The standard InChI is InChI=1S/C29H31NO6S/c1-19-14-25(34-12-5-13-37(2,32)33)15-22-18-35-28-21(6-3-9-26(28)27(19)22)17-30-23-7-4-8-24(16-23)36-29(31)20-10-11-20/h3-4,6-9,14-16,20,30H,5,10-13,17-18H2,1-2H3. The van der Waals surface area contributed by atoms with Crippen LogP contribution in [0.4, 0.5) is 5.69 Å². The van der Waals surface area contributed by atoms with Crippen molar-refractivity contribution in [1.29, 1.82) is 0 Å². The molecule has 5 rings (SSSR count). The Morgan fingerprint density at radius 2 is 1.89 bits per heavy atom. The highest BCUT2D eigenvalue weighted by Crippen LogP contribution is 2.43. The molecule has 1 heterocycles. The fourth-order valence-electron chi connectivity index (χ4n) is 4.54. The molecule has 37 heavy (non-hydrogen) atoms. The molecule has 1 saturated carbocycles. The van der Waals surface area contributed by atoms with E-state index in [1.165, 1.54) is 6.26 Å². The van der Waals surface area contributed by atoms with Crippen molar-refractivity contribution in [3.05, 3.63) is 71.3 Å². The van der Waals surface area contributed by atoms with Crippen LogP contribution in [0.15, 0.2) is 54.6 Å². The quantitative estimate of drug-likeness (QED) is 0.220.